The van der Waals surface area contributed by atoms with Gasteiger partial charge in [-0.3, -0.25) is 4.90 Å². The fourth-order valence-corrected chi connectivity index (χ4v) is 5.07. The highest BCUT2D eigenvalue weighted by molar-refractivity contribution is 5.72. The van der Waals surface area contributed by atoms with Crippen molar-refractivity contribution in [1.29, 1.82) is 0 Å². The molecule has 3 nitrogen and oxygen atoms in total. The summed E-state index contributed by atoms with van der Waals surface area (Å²) in [7, 11) is 0. The number of fused-ring (bicyclic) bond motifs is 1. The average molecular weight is 558 g/mol. The van der Waals surface area contributed by atoms with E-state index in [4.69, 9.17) is 4.74 Å². The van der Waals surface area contributed by atoms with E-state index < -0.39 is 0 Å². The molecule has 0 radical (unpaired) electrons. The average Bonchev–Trinajstić information content (AvgIpc) is 3.08. The minimum Gasteiger partial charge on any atom is -0.494 e. The van der Waals surface area contributed by atoms with E-state index in [-0.39, 0.29) is 5.78 Å². The largest absolute Gasteiger partial charge is 0.494 e. The first-order valence-corrected chi connectivity index (χ1v) is 15.6. The van der Waals surface area contributed by atoms with Crippen LogP contribution in [-0.4, -0.2) is 30.4 Å². The predicted octanol–water partition coefficient (Wildman–Crippen LogP) is 9.56. The van der Waals surface area contributed by atoms with E-state index in [0.29, 0.717) is 5.41 Å². The van der Waals surface area contributed by atoms with Crippen LogP contribution in [0.25, 0.3) is 0 Å². The van der Waals surface area contributed by atoms with E-state index in [1.807, 2.05) is 6.08 Å². The number of hydrogen-bond acceptors (Lipinski definition) is 3. The zero-order chi connectivity index (χ0) is 30.1. The van der Waals surface area contributed by atoms with Crippen molar-refractivity contribution < 1.29 is 9.53 Å². The molecule has 0 saturated heterocycles. The van der Waals surface area contributed by atoms with Crippen molar-refractivity contribution in [2.45, 2.75) is 93.0 Å². The lowest BCUT2D eigenvalue weighted by Crippen LogP contribution is -2.25. The van der Waals surface area contributed by atoms with Crippen molar-refractivity contribution in [1.82, 2.24) is 4.90 Å². The van der Waals surface area contributed by atoms with Crippen LogP contribution in [-0.2, 0) is 24.2 Å². The molecule has 0 aromatic heterocycles. The maximum atomic E-state index is 9.44. The highest BCUT2D eigenvalue weighted by Gasteiger charge is 2.16. The number of benzene rings is 2. The molecule has 0 amide bonds. The Balaban J connectivity index is 0.000000407. The van der Waals surface area contributed by atoms with E-state index in [1.165, 1.54) is 55.4 Å². The summed E-state index contributed by atoms with van der Waals surface area (Å²) in [5, 5.41) is 0. The van der Waals surface area contributed by atoms with Gasteiger partial charge in [0.1, 0.15) is 11.5 Å². The standard InChI is InChI=1S/C27H37NO.C8H12.C3H6O/c1-3-5-10-23(9-4-2)17-20-29-27-14-13-25-15-18-28(19-16-26(25)21-27)22-24-11-7-6-8-12-24;1-8(2,3)7-5-4-6-7;1-3(2)4/h3,6-8,11-14,21,23H,1,4-5,9-10,15-20,22H2,2H3;4-6H,1-3H3;1-2H3. The predicted molar refractivity (Wildman–Crippen MR) is 177 cm³/mol. The van der Waals surface area contributed by atoms with Crippen molar-refractivity contribution in [2.24, 2.45) is 11.3 Å². The Morgan fingerprint density at radius 3 is 2.20 bits per heavy atom. The first-order chi connectivity index (χ1) is 19.6. The van der Waals surface area contributed by atoms with Gasteiger partial charge in [-0.25, -0.2) is 0 Å². The van der Waals surface area contributed by atoms with Crippen LogP contribution in [0.1, 0.15) is 90.3 Å². The number of carbonyl (C=O) groups is 1. The van der Waals surface area contributed by atoms with Gasteiger partial charge < -0.3 is 9.53 Å². The number of ether oxygens (including phenoxy) is 1. The van der Waals surface area contributed by atoms with Crippen LogP contribution < -0.4 is 4.74 Å². The van der Waals surface area contributed by atoms with Crippen LogP contribution in [0.3, 0.4) is 0 Å². The third-order valence-corrected chi connectivity index (χ3v) is 7.51. The fraction of sp³-hybridized carbons (Fsp3) is 0.500. The van der Waals surface area contributed by atoms with Gasteiger partial charge in [-0.15, -0.1) is 6.58 Å². The molecule has 1 heterocycles. The molecule has 1 unspecified atom stereocenters. The Hall–Kier alpha value is -2.91. The van der Waals surface area contributed by atoms with Gasteiger partial charge in [0, 0.05) is 19.6 Å². The number of Topliss-reactive ketones (excluding diaryl/α,β-unsaturated/α-hetero) is 1. The van der Waals surface area contributed by atoms with Gasteiger partial charge in [0.15, 0.2) is 0 Å². The normalized spacial score (nSPS) is 14.9. The van der Waals surface area contributed by atoms with Crippen molar-refractivity contribution in [3.05, 3.63) is 102 Å². The second-order valence-corrected chi connectivity index (χ2v) is 12.5. The number of ketones is 1. The summed E-state index contributed by atoms with van der Waals surface area (Å²) in [6.45, 7) is 20.0. The zero-order valence-electron chi connectivity index (χ0n) is 26.8. The summed E-state index contributed by atoms with van der Waals surface area (Å²) in [6.07, 6.45) is 16.7. The van der Waals surface area contributed by atoms with Crippen molar-refractivity contribution in [2.75, 3.05) is 19.7 Å². The Labute approximate surface area is 251 Å². The molecule has 2 aromatic rings. The van der Waals surface area contributed by atoms with Gasteiger partial charge in [-0.1, -0.05) is 101 Å². The second kappa shape index (κ2) is 18.5. The third kappa shape index (κ3) is 14.0. The van der Waals surface area contributed by atoms with Gasteiger partial charge >= 0.3 is 0 Å². The maximum Gasteiger partial charge on any atom is 0.126 e. The van der Waals surface area contributed by atoms with Gasteiger partial charge in [-0.05, 0) is 91.7 Å². The molecule has 1 atom stereocenters. The summed E-state index contributed by atoms with van der Waals surface area (Å²) < 4.78 is 6.15. The SMILES string of the molecule is C=CCCC(CCC)CCOc1ccc2c(c1)CCN(Cc1ccccc1)CC2.CC(C)(C)C1=CC=C1.CC(C)=O. The summed E-state index contributed by atoms with van der Waals surface area (Å²) in [5.41, 5.74) is 6.19. The molecular formula is C38H55NO2. The molecule has 224 valence electrons. The Bertz CT molecular complexity index is 1100. The van der Waals surface area contributed by atoms with E-state index in [2.05, 4.69) is 106 Å². The van der Waals surface area contributed by atoms with Crippen LogP contribution in [0.5, 0.6) is 5.75 Å². The highest BCUT2D eigenvalue weighted by atomic mass is 16.5. The molecule has 3 heteroatoms. The van der Waals surface area contributed by atoms with Crippen LogP contribution in [0, 0.1) is 11.3 Å². The third-order valence-electron chi connectivity index (χ3n) is 7.51. The molecule has 2 aliphatic rings. The van der Waals surface area contributed by atoms with Gasteiger partial charge in [0.05, 0.1) is 6.61 Å². The molecule has 0 N–H and O–H groups in total. The first-order valence-electron chi connectivity index (χ1n) is 15.6. The molecule has 2 aromatic carbocycles. The van der Waals surface area contributed by atoms with Gasteiger partial charge in [0.2, 0.25) is 0 Å². The van der Waals surface area contributed by atoms with Crippen LogP contribution in [0.4, 0.5) is 0 Å². The van der Waals surface area contributed by atoms with Gasteiger partial charge in [-0.2, -0.15) is 0 Å². The molecule has 0 fully saturated rings. The molecule has 1 aliphatic carbocycles. The molecule has 0 saturated carbocycles. The zero-order valence-corrected chi connectivity index (χ0v) is 26.8. The smallest absolute Gasteiger partial charge is 0.126 e. The minimum absolute atomic E-state index is 0.167. The number of rotatable bonds is 11. The molecule has 0 bridgehead atoms. The van der Waals surface area contributed by atoms with Crippen LogP contribution in [0.15, 0.2) is 85.0 Å². The summed E-state index contributed by atoms with van der Waals surface area (Å²) >= 11 is 0. The van der Waals surface area contributed by atoms with Gasteiger partial charge in [0.25, 0.3) is 0 Å². The number of hydrogen-bond donors (Lipinski definition) is 0. The van der Waals surface area contributed by atoms with Crippen molar-refractivity contribution in [3.8, 4) is 5.75 Å². The topological polar surface area (TPSA) is 29.5 Å². The Morgan fingerprint density at radius 1 is 1.00 bits per heavy atom. The minimum atomic E-state index is 0.167. The molecule has 0 spiro atoms. The molecule has 1 aliphatic heterocycles. The van der Waals surface area contributed by atoms with E-state index >= 15 is 0 Å². The van der Waals surface area contributed by atoms with Crippen LogP contribution >= 0.6 is 0 Å². The lowest BCUT2D eigenvalue weighted by Gasteiger charge is -2.23. The summed E-state index contributed by atoms with van der Waals surface area (Å²) in [4.78, 5) is 12.0. The number of allylic oxidation sites excluding steroid dienone is 5. The van der Waals surface area contributed by atoms with E-state index in [9.17, 15) is 4.79 Å². The monoisotopic (exact) mass is 557 g/mol. The number of carbonyl (C=O) groups excluding carboxylic acids is 1. The van der Waals surface area contributed by atoms with Crippen molar-refractivity contribution in [3.63, 3.8) is 0 Å². The fourth-order valence-electron chi connectivity index (χ4n) is 5.07. The Kier molecular flexibility index (Phi) is 15.5. The molecule has 4 rings (SSSR count). The molecule has 41 heavy (non-hydrogen) atoms. The second-order valence-electron chi connectivity index (χ2n) is 12.5. The highest BCUT2D eigenvalue weighted by Crippen LogP contribution is 2.30. The lowest BCUT2D eigenvalue weighted by atomic mass is 9.82. The van der Waals surface area contributed by atoms with Crippen LogP contribution in [0.2, 0.25) is 0 Å². The quantitative estimate of drug-likeness (QED) is 0.258. The van der Waals surface area contributed by atoms with Crippen molar-refractivity contribution >= 4 is 5.78 Å². The lowest BCUT2D eigenvalue weighted by molar-refractivity contribution is -0.114. The summed E-state index contributed by atoms with van der Waals surface area (Å²) in [5.74, 6) is 1.96. The van der Waals surface area contributed by atoms with E-state index in [1.54, 1.807) is 0 Å². The summed E-state index contributed by atoms with van der Waals surface area (Å²) in [6, 6.07) is 17.6. The Morgan fingerprint density at radius 2 is 1.66 bits per heavy atom. The molecular weight excluding hydrogens is 502 g/mol. The maximum absolute atomic E-state index is 9.44. The number of nitrogens with zero attached hydrogens (tertiary/aromatic N) is 1. The van der Waals surface area contributed by atoms with E-state index in [0.717, 1.165) is 63.6 Å². The first kappa shape index (κ1) is 34.3.